The first-order valence-corrected chi connectivity index (χ1v) is 8.00. The molecule has 0 saturated carbocycles. The van der Waals surface area contributed by atoms with E-state index >= 15 is 0 Å². The lowest BCUT2D eigenvalue weighted by molar-refractivity contribution is 0.942. The lowest BCUT2D eigenvalue weighted by Gasteiger charge is -2.03. The molecule has 3 aromatic heterocycles. The van der Waals surface area contributed by atoms with Gasteiger partial charge in [-0.25, -0.2) is 9.97 Å². The third-order valence-electron chi connectivity index (χ3n) is 2.45. The molecule has 0 atom stereocenters. The van der Waals surface area contributed by atoms with Gasteiger partial charge in [-0.15, -0.1) is 21.5 Å². The number of thiophene rings is 1. The van der Waals surface area contributed by atoms with Gasteiger partial charge in [0, 0.05) is 12.5 Å². The van der Waals surface area contributed by atoms with E-state index in [1.807, 2.05) is 24.4 Å². The van der Waals surface area contributed by atoms with E-state index in [0.29, 0.717) is 21.9 Å². The van der Waals surface area contributed by atoms with Crippen LogP contribution in [0, 0.1) is 0 Å². The molecule has 0 aliphatic carbocycles. The van der Waals surface area contributed by atoms with Crippen LogP contribution in [0.1, 0.15) is 12.7 Å². The lowest BCUT2D eigenvalue weighted by Crippen LogP contribution is -1.99. The third-order valence-corrected chi connectivity index (χ3v) is 4.52. The fourth-order valence-corrected chi connectivity index (χ4v) is 3.31. The predicted octanol–water partition coefficient (Wildman–Crippen LogP) is 4.02. The molecule has 8 heteroatoms. The van der Waals surface area contributed by atoms with Crippen LogP contribution in [-0.2, 0) is 6.42 Å². The molecule has 3 heterocycles. The molecule has 5 nitrogen and oxygen atoms in total. The first kappa shape index (κ1) is 13.4. The number of anilines is 2. The van der Waals surface area contributed by atoms with Crippen molar-refractivity contribution >= 4 is 45.2 Å². The Morgan fingerprint density at radius 2 is 2.20 bits per heavy atom. The van der Waals surface area contributed by atoms with Crippen molar-refractivity contribution in [3.8, 4) is 9.88 Å². The van der Waals surface area contributed by atoms with Crippen LogP contribution in [0.15, 0.2) is 23.6 Å². The number of aromatic nitrogens is 4. The molecule has 3 rings (SSSR count). The number of nitrogens with one attached hydrogen (secondary N) is 1. The summed E-state index contributed by atoms with van der Waals surface area (Å²) in [6.07, 6.45) is 0.728. The lowest BCUT2D eigenvalue weighted by atomic mass is 10.4. The summed E-state index contributed by atoms with van der Waals surface area (Å²) in [4.78, 5) is 9.58. The number of nitrogens with zero attached hydrogens (tertiary/aromatic N) is 4. The van der Waals surface area contributed by atoms with Gasteiger partial charge >= 0.3 is 0 Å². The van der Waals surface area contributed by atoms with Gasteiger partial charge in [-0.3, -0.25) is 0 Å². The zero-order valence-corrected chi connectivity index (χ0v) is 12.9. The Morgan fingerprint density at radius 3 is 2.95 bits per heavy atom. The van der Waals surface area contributed by atoms with Gasteiger partial charge in [-0.1, -0.05) is 35.9 Å². The van der Waals surface area contributed by atoms with E-state index in [9.17, 15) is 0 Å². The second-order valence-electron chi connectivity index (χ2n) is 3.86. The van der Waals surface area contributed by atoms with Crippen molar-refractivity contribution in [2.45, 2.75) is 13.3 Å². The van der Waals surface area contributed by atoms with Gasteiger partial charge in [0.05, 0.1) is 4.88 Å². The Morgan fingerprint density at radius 1 is 1.30 bits per heavy atom. The second-order valence-corrected chi connectivity index (χ2v) is 6.17. The van der Waals surface area contributed by atoms with Gasteiger partial charge in [0.15, 0.2) is 5.01 Å². The summed E-state index contributed by atoms with van der Waals surface area (Å²) in [7, 11) is 0. The van der Waals surface area contributed by atoms with E-state index < -0.39 is 0 Å². The summed E-state index contributed by atoms with van der Waals surface area (Å²) in [5.41, 5.74) is 0. The molecule has 3 aromatic rings. The molecule has 0 aliphatic rings. The van der Waals surface area contributed by atoms with E-state index in [1.165, 1.54) is 11.3 Å². The number of hydrogen-bond donors (Lipinski definition) is 1. The van der Waals surface area contributed by atoms with Crippen LogP contribution < -0.4 is 5.32 Å². The molecule has 0 aliphatic heterocycles. The van der Waals surface area contributed by atoms with E-state index in [4.69, 9.17) is 11.6 Å². The van der Waals surface area contributed by atoms with Crippen LogP contribution in [0.2, 0.25) is 5.15 Å². The summed E-state index contributed by atoms with van der Waals surface area (Å²) in [6, 6.07) is 5.69. The molecule has 1 N–H and O–H groups in total. The molecular formula is C12H10ClN5S2. The fraction of sp³-hybridized carbons (Fsp3) is 0.167. The Hall–Kier alpha value is -1.57. The standard InChI is InChI=1S/C12H10ClN5S2/c1-2-9-14-8(13)6-10(15-9)16-12-18-17-11(20-12)7-4-3-5-19-7/h3-6H,2H2,1H3,(H,14,15,16,18). The SMILES string of the molecule is CCc1nc(Cl)cc(Nc2nnc(-c3cccs3)s2)n1. The van der Waals surface area contributed by atoms with Gasteiger partial charge in [-0.2, -0.15) is 0 Å². The molecule has 0 saturated heterocycles. The zero-order chi connectivity index (χ0) is 13.9. The Balaban J connectivity index is 1.83. The molecule has 0 aromatic carbocycles. The van der Waals surface area contributed by atoms with Crippen molar-refractivity contribution in [3.63, 3.8) is 0 Å². The highest BCUT2D eigenvalue weighted by Crippen LogP contribution is 2.30. The van der Waals surface area contributed by atoms with Gasteiger partial charge < -0.3 is 5.32 Å². The minimum absolute atomic E-state index is 0.419. The second kappa shape index (κ2) is 5.82. The quantitative estimate of drug-likeness (QED) is 0.735. The topological polar surface area (TPSA) is 63.6 Å². The molecule has 0 amide bonds. The first-order valence-electron chi connectivity index (χ1n) is 5.92. The number of halogens is 1. The normalized spacial score (nSPS) is 10.7. The minimum Gasteiger partial charge on any atom is -0.315 e. The fourth-order valence-electron chi connectivity index (χ4n) is 1.57. The van der Waals surface area contributed by atoms with Crippen LogP contribution in [0.25, 0.3) is 9.88 Å². The number of aryl methyl sites for hydroxylation is 1. The van der Waals surface area contributed by atoms with E-state index in [1.54, 1.807) is 17.4 Å². The van der Waals surface area contributed by atoms with Crippen LogP contribution in [0.4, 0.5) is 10.9 Å². The molecule has 102 valence electrons. The van der Waals surface area contributed by atoms with E-state index in [2.05, 4.69) is 25.5 Å². The maximum atomic E-state index is 5.96. The van der Waals surface area contributed by atoms with Crippen molar-refractivity contribution in [1.29, 1.82) is 0 Å². The predicted molar refractivity (Wildman–Crippen MR) is 82.9 cm³/mol. The summed E-state index contributed by atoms with van der Waals surface area (Å²) < 4.78 is 0. The van der Waals surface area contributed by atoms with E-state index in [-0.39, 0.29) is 0 Å². The van der Waals surface area contributed by atoms with Crippen molar-refractivity contribution in [2.24, 2.45) is 0 Å². The van der Waals surface area contributed by atoms with Crippen LogP contribution in [0.3, 0.4) is 0 Å². The van der Waals surface area contributed by atoms with Crippen molar-refractivity contribution in [3.05, 3.63) is 34.6 Å². The summed E-state index contributed by atoms with van der Waals surface area (Å²) >= 11 is 9.08. The molecule has 0 unspecified atom stereocenters. The Kier molecular flexibility index (Phi) is 3.90. The molecule has 0 radical (unpaired) electrons. The minimum atomic E-state index is 0.419. The zero-order valence-electron chi connectivity index (χ0n) is 10.5. The van der Waals surface area contributed by atoms with Crippen LogP contribution in [0.5, 0.6) is 0 Å². The summed E-state index contributed by atoms with van der Waals surface area (Å²) in [5.74, 6) is 1.33. The van der Waals surface area contributed by atoms with Gasteiger partial charge in [-0.05, 0) is 11.4 Å². The first-order chi connectivity index (χ1) is 9.74. The molecule has 0 spiro atoms. The molecular weight excluding hydrogens is 314 g/mol. The highest BCUT2D eigenvalue weighted by Gasteiger charge is 2.09. The smallest absolute Gasteiger partial charge is 0.211 e. The Labute approximate surface area is 128 Å². The van der Waals surface area contributed by atoms with Gasteiger partial charge in [0.2, 0.25) is 5.13 Å². The largest absolute Gasteiger partial charge is 0.315 e. The molecule has 0 fully saturated rings. The van der Waals surface area contributed by atoms with Gasteiger partial charge in [0.1, 0.15) is 16.8 Å². The van der Waals surface area contributed by atoms with Crippen LogP contribution in [-0.4, -0.2) is 20.2 Å². The monoisotopic (exact) mass is 323 g/mol. The van der Waals surface area contributed by atoms with Crippen molar-refractivity contribution in [2.75, 3.05) is 5.32 Å². The van der Waals surface area contributed by atoms with E-state index in [0.717, 1.165) is 16.3 Å². The third kappa shape index (κ3) is 2.95. The molecule has 0 bridgehead atoms. The maximum Gasteiger partial charge on any atom is 0.211 e. The average molecular weight is 324 g/mol. The maximum absolute atomic E-state index is 5.96. The summed E-state index contributed by atoms with van der Waals surface area (Å²) in [6.45, 7) is 1.98. The number of hydrogen-bond acceptors (Lipinski definition) is 7. The Bertz CT molecular complexity index is 710. The highest BCUT2D eigenvalue weighted by atomic mass is 35.5. The van der Waals surface area contributed by atoms with Gasteiger partial charge in [0.25, 0.3) is 0 Å². The van der Waals surface area contributed by atoms with Crippen LogP contribution >= 0.6 is 34.3 Å². The molecule has 20 heavy (non-hydrogen) atoms. The average Bonchev–Trinajstić information content (AvgIpc) is 3.08. The number of rotatable bonds is 4. The van der Waals surface area contributed by atoms with Crippen molar-refractivity contribution < 1.29 is 0 Å². The van der Waals surface area contributed by atoms with Crippen molar-refractivity contribution in [1.82, 2.24) is 20.2 Å². The summed E-state index contributed by atoms with van der Waals surface area (Å²) in [5, 5.41) is 15.4. The highest BCUT2D eigenvalue weighted by molar-refractivity contribution is 7.22.